The third kappa shape index (κ3) is 3.07. The Bertz CT molecular complexity index is 513. The van der Waals surface area contributed by atoms with Gasteiger partial charge < -0.3 is 9.64 Å². The van der Waals surface area contributed by atoms with Gasteiger partial charge in [-0.1, -0.05) is 6.07 Å². The quantitative estimate of drug-likeness (QED) is 0.788. The molecule has 0 radical (unpaired) electrons. The molecule has 100 valence electrons. The lowest BCUT2D eigenvalue weighted by Crippen LogP contribution is -2.47. The lowest BCUT2D eigenvalue weighted by Gasteiger charge is -2.34. The van der Waals surface area contributed by atoms with Crippen LogP contribution < -0.4 is 9.64 Å². The Balaban J connectivity index is 2.05. The van der Waals surface area contributed by atoms with Crippen molar-refractivity contribution in [2.45, 2.75) is 0 Å². The van der Waals surface area contributed by atoms with E-state index in [4.69, 9.17) is 15.4 Å². The van der Waals surface area contributed by atoms with Gasteiger partial charge in [-0.25, -0.2) is 0 Å². The molecule has 0 saturated carbocycles. The van der Waals surface area contributed by atoms with Gasteiger partial charge in [-0.15, -0.1) is 0 Å². The van der Waals surface area contributed by atoms with Crippen LogP contribution in [0.4, 0.5) is 5.69 Å². The fourth-order valence-corrected chi connectivity index (χ4v) is 2.99. The SMILES string of the molecule is COc1cccc(N2CCN(S(=O)(=O)Cl)CC2)c1. The Hall–Kier alpha value is -0.980. The van der Waals surface area contributed by atoms with Crippen LogP contribution in [0.5, 0.6) is 5.75 Å². The van der Waals surface area contributed by atoms with E-state index in [-0.39, 0.29) is 0 Å². The van der Waals surface area contributed by atoms with Crippen LogP contribution in [0, 0.1) is 0 Å². The third-order valence-electron chi connectivity index (χ3n) is 2.97. The highest BCUT2D eigenvalue weighted by Gasteiger charge is 2.25. The molecule has 7 heteroatoms. The largest absolute Gasteiger partial charge is 0.497 e. The molecule has 1 aliphatic heterocycles. The first-order chi connectivity index (χ1) is 8.50. The smallest absolute Gasteiger partial charge is 0.299 e. The molecule has 1 saturated heterocycles. The highest BCUT2D eigenvalue weighted by molar-refractivity contribution is 8.11. The van der Waals surface area contributed by atoms with E-state index in [2.05, 4.69) is 4.90 Å². The van der Waals surface area contributed by atoms with E-state index < -0.39 is 9.24 Å². The summed E-state index contributed by atoms with van der Waals surface area (Å²) in [5.74, 6) is 0.792. The normalized spacial score (nSPS) is 17.8. The first kappa shape index (κ1) is 13.5. The Kier molecular flexibility index (Phi) is 3.99. The van der Waals surface area contributed by atoms with Crippen LogP contribution >= 0.6 is 10.7 Å². The monoisotopic (exact) mass is 290 g/mol. The number of rotatable bonds is 3. The van der Waals surface area contributed by atoms with Crippen LogP contribution in [0.15, 0.2) is 24.3 Å². The molecule has 0 aromatic heterocycles. The predicted octanol–water partition coefficient (Wildman–Crippen LogP) is 1.30. The molecule has 0 atom stereocenters. The van der Waals surface area contributed by atoms with E-state index in [0.717, 1.165) is 11.4 Å². The van der Waals surface area contributed by atoms with Crippen LogP contribution in [0.2, 0.25) is 0 Å². The van der Waals surface area contributed by atoms with E-state index in [0.29, 0.717) is 26.2 Å². The minimum atomic E-state index is -3.59. The maximum absolute atomic E-state index is 11.2. The second-order valence-corrected chi connectivity index (χ2v) is 6.54. The summed E-state index contributed by atoms with van der Waals surface area (Å²) in [4.78, 5) is 2.11. The second-order valence-electron chi connectivity index (χ2n) is 4.03. The summed E-state index contributed by atoms with van der Waals surface area (Å²) in [7, 11) is 3.35. The number of benzene rings is 1. The van der Waals surface area contributed by atoms with E-state index in [1.165, 1.54) is 4.31 Å². The topological polar surface area (TPSA) is 49.9 Å². The third-order valence-corrected chi connectivity index (χ3v) is 4.53. The number of nitrogens with zero attached hydrogens (tertiary/aromatic N) is 2. The standard InChI is InChI=1S/C11H15ClN2O3S/c1-17-11-4-2-3-10(9-11)13-5-7-14(8-6-13)18(12,15)16/h2-4,9H,5-8H2,1H3. The Morgan fingerprint density at radius 2 is 1.89 bits per heavy atom. The van der Waals surface area contributed by atoms with Gasteiger partial charge in [0.2, 0.25) is 0 Å². The van der Waals surface area contributed by atoms with Gasteiger partial charge >= 0.3 is 0 Å². The summed E-state index contributed by atoms with van der Waals surface area (Å²) in [6, 6.07) is 7.71. The van der Waals surface area contributed by atoms with E-state index >= 15 is 0 Å². The number of piperazine rings is 1. The zero-order valence-corrected chi connectivity index (χ0v) is 11.6. The van der Waals surface area contributed by atoms with Crippen molar-refractivity contribution >= 4 is 25.6 Å². The molecule has 1 aromatic rings. The first-order valence-corrected chi connectivity index (χ1v) is 7.86. The van der Waals surface area contributed by atoms with Crippen LogP contribution in [0.1, 0.15) is 0 Å². The molecular weight excluding hydrogens is 276 g/mol. The summed E-state index contributed by atoms with van der Waals surface area (Å²) in [5.41, 5.74) is 1.03. The Morgan fingerprint density at radius 3 is 2.44 bits per heavy atom. The zero-order valence-electron chi connectivity index (χ0n) is 10.0. The number of ether oxygens (including phenoxy) is 1. The first-order valence-electron chi connectivity index (χ1n) is 5.59. The average Bonchev–Trinajstić information content (AvgIpc) is 2.38. The predicted molar refractivity (Wildman–Crippen MR) is 71.6 cm³/mol. The van der Waals surface area contributed by atoms with Crippen molar-refractivity contribution in [1.29, 1.82) is 0 Å². The van der Waals surface area contributed by atoms with Crippen molar-refractivity contribution in [3.8, 4) is 5.75 Å². The number of hydrogen-bond donors (Lipinski definition) is 0. The average molecular weight is 291 g/mol. The number of methoxy groups -OCH3 is 1. The molecule has 1 fully saturated rings. The number of hydrogen-bond acceptors (Lipinski definition) is 4. The molecule has 0 aliphatic carbocycles. The maximum Gasteiger partial charge on any atom is 0.299 e. The van der Waals surface area contributed by atoms with Crippen molar-refractivity contribution in [2.75, 3.05) is 38.2 Å². The lowest BCUT2D eigenvalue weighted by atomic mass is 10.2. The number of halogens is 1. The minimum absolute atomic E-state index is 0.406. The van der Waals surface area contributed by atoms with Crippen LogP contribution in [-0.4, -0.2) is 46.0 Å². The molecular formula is C11H15ClN2O3S. The fourth-order valence-electron chi connectivity index (χ4n) is 1.97. The zero-order chi connectivity index (χ0) is 13.2. The molecule has 0 bridgehead atoms. The van der Waals surface area contributed by atoms with E-state index in [1.54, 1.807) is 7.11 Å². The van der Waals surface area contributed by atoms with Gasteiger partial charge in [0.15, 0.2) is 0 Å². The summed E-state index contributed by atoms with van der Waals surface area (Å²) in [6.45, 7) is 2.06. The highest BCUT2D eigenvalue weighted by atomic mass is 35.7. The van der Waals surface area contributed by atoms with Crippen molar-refractivity contribution in [2.24, 2.45) is 0 Å². The lowest BCUT2D eigenvalue weighted by molar-refractivity contribution is 0.392. The van der Waals surface area contributed by atoms with Gasteiger partial charge in [-0.3, -0.25) is 0 Å². The molecule has 0 spiro atoms. The number of anilines is 1. The van der Waals surface area contributed by atoms with Crippen molar-refractivity contribution in [3.05, 3.63) is 24.3 Å². The molecule has 5 nitrogen and oxygen atoms in total. The van der Waals surface area contributed by atoms with Crippen molar-refractivity contribution in [1.82, 2.24) is 4.31 Å². The van der Waals surface area contributed by atoms with Gasteiger partial charge in [-0.05, 0) is 12.1 Å². The molecule has 1 aliphatic rings. The van der Waals surface area contributed by atoms with Gasteiger partial charge in [-0.2, -0.15) is 12.7 Å². The van der Waals surface area contributed by atoms with Gasteiger partial charge in [0, 0.05) is 48.6 Å². The molecule has 0 unspecified atom stereocenters. The Morgan fingerprint density at radius 1 is 1.22 bits per heavy atom. The summed E-state index contributed by atoms with van der Waals surface area (Å²) < 4.78 is 28.8. The summed E-state index contributed by atoms with van der Waals surface area (Å²) in [6.07, 6.45) is 0. The molecule has 1 aromatic carbocycles. The fraction of sp³-hybridized carbons (Fsp3) is 0.455. The van der Waals surface area contributed by atoms with Gasteiger partial charge in [0.05, 0.1) is 7.11 Å². The van der Waals surface area contributed by atoms with Crippen molar-refractivity contribution in [3.63, 3.8) is 0 Å². The van der Waals surface area contributed by atoms with Crippen LogP contribution in [0.25, 0.3) is 0 Å². The van der Waals surface area contributed by atoms with Crippen LogP contribution in [0.3, 0.4) is 0 Å². The summed E-state index contributed by atoms with van der Waals surface area (Å²) >= 11 is 0. The molecule has 18 heavy (non-hydrogen) atoms. The summed E-state index contributed by atoms with van der Waals surface area (Å²) in [5, 5.41) is 0. The van der Waals surface area contributed by atoms with Gasteiger partial charge in [0.1, 0.15) is 5.75 Å². The van der Waals surface area contributed by atoms with Gasteiger partial charge in [0.25, 0.3) is 9.24 Å². The maximum atomic E-state index is 11.2. The van der Waals surface area contributed by atoms with E-state index in [1.807, 2.05) is 24.3 Å². The van der Waals surface area contributed by atoms with E-state index in [9.17, 15) is 8.42 Å². The van der Waals surface area contributed by atoms with Crippen molar-refractivity contribution < 1.29 is 13.2 Å². The molecule has 1 heterocycles. The highest BCUT2D eigenvalue weighted by Crippen LogP contribution is 2.23. The van der Waals surface area contributed by atoms with Crippen LogP contribution in [-0.2, 0) is 9.24 Å². The minimum Gasteiger partial charge on any atom is -0.497 e. The second kappa shape index (κ2) is 5.34. The molecule has 0 amide bonds. The molecule has 2 rings (SSSR count). The Labute approximate surface area is 111 Å². The molecule has 0 N–H and O–H groups in total.